The van der Waals surface area contributed by atoms with Crippen LogP contribution < -0.4 is 22.1 Å². The van der Waals surface area contributed by atoms with Gasteiger partial charge in [0.05, 0.1) is 12.5 Å². The maximum Gasteiger partial charge on any atom is 0.326 e. The maximum absolute atomic E-state index is 12.9. The molecule has 1 fully saturated rings. The molecule has 0 spiro atoms. The van der Waals surface area contributed by atoms with Gasteiger partial charge in [0.25, 0.3) is 0 Å². The Bertz CT molecular complexity index is 689. The molecule has 7 N–H and O–H groups in total. The molecule has 0 aromatic heterocycles. The predicted molar refractivity (Wildman–Crippen MR) is 116 cm³/mol. The Morgan fingerprint density at radius 1 is 1.16 bits per heavy atom. The van der Waals surface area contributed by atoms with E-state index in [-0.39, 0.29) is 18.2 Å². The molecular formula is C19H33N5O6S. The number of likely N-dealkylation sites (tertiary alicyclic amines) is 1. The lowest BCUT2D eigenvalue weighted by Gasteiger charge is -2.29. The third kappa shape index (κ3) is 8.02. The van der Waals surface area contributed by atoms with E-state index < -0.39 is 54.3 Å². The highest BCUT2D eigenvalue weighted by molar-refractivity contribution is 7.98. The van der Waals surface area contributed by atoms with Crippen LogP contribution in [0.15, 0.2) is 0 Å². The van der Waals surface area contributed by atoms with Crippen molar-refractivity contribution >= 4 is 41.4 Å². The Morgan fingerprint density at radius 3 is 2.32 bits per heavy atom. The van der Waals surface area contributed by atoms with E-state index in [2.05, 4.69) is 10.6 Å². The van der Waals surface area contributed by atoms with E-state index in [0.717, 1.165) is 0 Å². The number of rotatable bonds is 12. The van der Waals surface area contributed by atoms with Gasteiger partial charge in [-0.1, -0.05) is 13.8 Å². The molecule has 0 radical (unpaired) electrons. The summed E-state index contributed by atoms with van der Waals surface area (Å²) in [6.45, 7) is 4.04. The van der Waals surface area contributed by atoms with Gasteiger partial charge < -0.3 is 32.1 Å². The monoisotopic (exact) mass is 459 g/mol. The Balaban J connectivity index is 2.91. The Labute approximate surface area is 186 Å². The van der Waals surface area contributed by atoms with E-state index in [1.807, 2.05) is 20.1 Å². The fraction of sp³-hybridized carbons (Fsp3) is 0.737. The second-order valence-corrected chi connectivity index (χ2v) is 8.86. The molecule has 4 amide bonds. The van der Waals surface area contributed by atoms with Crippen molar-refractivity contribution in [2.24, 2.45) is 17.4 Å². The van der Waals surface area contributed by atoms with Gasteiger partial charge in [0.15, 0.2) is 0 Å². The molecule has 1 aliphatic rings. The molecule has 31 heavy (non-hydrogen) atoms. The van der Waals surface area contributed by atoms with Crippen LogP contribution in [0.4, 0.5) is 0 Å². The first-order chi connectivity index (χ1) is 14.5. The van der Waals surface area contributed by atoms with E-state index >= 15 is 0 Å². The Morgan fingerprint density at radius 2 is 1.81 bits per heavy atom. The maximum atomic E-state index is 12.9. The van der Waals surface area contributed by atoms with Crippen molar-refractivity contribution < 1.29 is 29.1 Å². The van der Waals surface area contributed by atoms with Crippen LogP contribution in [0, 0.1) is 5.92 Å². The summed E-state index contributed by atoms with van der Waals surface area (Å²) in [5.41, 5.74) is 11.0. The van der Waals surface area contributed by atoms with Gasteiger partial charge >= 0.3 is 5.97 Å². The van der Waals surface area contributed by atoms with Gasteiger partial charge in [0.2, 0.25) is 23.6 Å². The number of carbonyl (C=O) groups excluding carboxylic acids is 4. The van der Waals surface area contributed by atoms with Crippen LogP contribution in [-0.2, 0) is 24.0 Å². The standard InChI is InChI=1S/C19H33N5O6S/c1-10(2)15(21)18(28)24-7-4-5-13(24)17(27)22-11(6-8-31-3)16(26)23-12(19(29)30)9-14(20)25/h10-13,15H,4-9,21H2,1-3H3,(H2,20,25)(H,22,27)(H,23,26)(H,29,30). The van der Waals surface area contributed by atoms with Crippen LogP contribution in [0.2, 0.25) is 0 Å². The van der Waals surface area contributed by atoms with Crippen molar-refractivity contribution in [3.63, 3.8) is 0 Å². The first-order valence-electron chi connectivity index (χ1n) is 10.2. The Hall–Kier alpha value is -2.34. The van der Waals surface area contributed by atoms with Crippen molar-refractivity contribution in [3.8, 4) is 0 Å². The van der Waals surface area contributed by atoms with Crippen LogP contribution >= 0.6 is 11.8 Å². The largest absolute Gasteiger partial charge is 0.480 e. The number of nitrogens with two attached hydrogens (primary N) is 2. The minimum absolute atomic E-state index is 0.0878. The van der Waals surface area contributed by atoms with Gasteiger partial charge in [-0.15, -0.1) is 0 Å². The van der Waals surface area contributed by atoms with Crippen molar-refractivity contribution in [1.29, 1.82) is 0 Å². The zero-order valence-electron chi connectivity index (χ0n) is 18.1. The number of primary amides is 1. The number of aliphatic carboxylic acids is 1. The molecule has 1 heterocycles. The van der Waals surface area contributed by atoms with Crippen molar-refractivity contribution in [1.82, 2.24) is 15.5 Å². The second-order valence-electron chi connectivity index (χ2n) is 7.87. The van der Waals surface area contributed by atoms with E-state index in [9.17, 15) is 29.1 Å². The van der Waals surface area contributed by atoms with Gasteiger partial charge in [-0.05, 0) is 37.2 Å². The summed E-state index contributed by atoms with van der Waals surface area (Å²) in [5.74, 6) is -3.38. The van der Waals surface area contributed by atoms with Gasteiger partial charge in [-0.25, -0.2) is 4.79 Å². The minimum Gasteiger partial charge on any atom is -0.480 e. The summed E-state index contributed by atoms with van der Waals surface area (Å²) in [6.07, 6.45) is 2.58. The summed E-state index contributed by atoms with van der Waals surface area (Å²) in [7, 11) is 0. The highest BCUT2D eigenvalue weighted by Gasteiger charge is 2.38. The van der Waals surface area contributed by atoms with Crippen LogP contribution in [0.25, 0.3) is 0 Å². The number of thioether (sulfide) groups is 1. The SMILES string of the molecule is CSCCC(NC(=O)C1CCCN1C(=O)C(N)C(C)C)C(=O)NC(CC(N)=O)C(=O)O. The molecule has 0 aromatic rings. The Kier molecular flexibility index (Phi) is 10.8. The molecular weight excluding hydrogens is 426 g/mol. The number of carbonyl (C=O) groups is 5. The third-order valence-corrected chi connectivity index (χ3v) is 5.75. The van der Waals surface area contributed by atoms with Crippen molar-refractivity contribution in [3.05, 3.63) is 0 Å². The molecule has 0 aromatic carbocycles. The van der Waals surface area contributed by atoms with Crippen molar-refractivity contribution in [2.75, 3.05) is 18.6 Å². The highest BCUT2D eigenvalue weighted by atomic mass is 32.2. The lowest BCUT2D eigenvalue weighted by Crippen LogP contribution is -2.57. The molecule has 176 valence electrons. The summed E-state index contributed by atoms with van der Waals surface area (Å²) in [4.78, 5) is 62.0. The molecule has 11 nitrogen and oxygen atoms in total. The fourth-order valence-electron chi connectivity index (χ4n) is 3.23. The molecule has 0 aliphatic carbocycles. The lowest BCUT2D eigenvalue weighted by atomic mass is 10.0. The fourth-order valence-corrected chi connectivity index (χ4v) is 3.70. The minimum atomic E-state index is -1.49. The summed E-state index contributed by atoms with van der Waals surface area (Å²) in [5, 5.41) is 14.1. The number of hydrogen-bond donors (Lipinski definition) is 5. The van der Waals surface area contributed by atoms with Crippen LogP contribution in [-0.4, -0.2) is 82.3 Å². The summed E-state index contributed by atoms with van der Waals surface area (Å²) in [6, 6.07) is -3.99. The normalized spacial score (nSPS) is 18.9. The van der Waals surface area contributed by atoms with E-state index in [0.29, 0.717) is 25.1 Å². The average molecular weight is 460 g/mol. The molecule has 12 heteroatoms. The smallest absolute Gasteiger partial charge is 0.326 e. The number of carboxylic acids is 1. The second kappa shape index (κ2) is 12.5. The van der Waals surface area contributed by atoms with Crippen LogP contribution in [0.5, 0.6) is 0 Å². The van der Waals surface area contributed by atoms with Crippen LogP contribution in [0.1, 0.15) is 39.5 Å². The average Bonchev–Trinajstić information content (AvgIpc) is 3.18. The van der Waals surface area contributed by atoms with Gasteiger partial charge in [0.1, 0.15) is 18.1 Å². The van der Waals surface area contributed by atoms with Gasteiger partial charge in [-0.3, -0.25) is 19.2 Å². The number of hydrogen-bond acceptors (Lipinski definition) is 7. The number of amides is 4. The molecule has 4 atom stereocenters. The van der Waals surface area contributed by atoms with Crippen molar-refractivity contribution in [2.45, 2.75) is 63.7 Å². The molecule has 1 aliphatic heterocycles. The van der Waals surface area contributed by atoms with E-state index in [4.69, 9.17) is 11.5 Å². The first-order valence-corrected chi connectivity index (χ1v) is 11.6. The van der Waals surface area contributed by atoms with Gasteiger partial charge in [-0.2, -0.15) is 11.8 Å². The predicted octanol–water partition coefficient (Wildman–Crippen LogP) is -1.36. The third-order valence-electron chi connectivity index (χ3n) is 5.11. The summed E-state index contributed by atoms with van der Waals surface area (Å²) < 4.78 is 0. The quantitative estimate of drug-likeness (QED) is 0.237. The van der Waals surface area contributed by atoms with Crippen LogP contribution in [0.3, 0.4) is 0 Å². The summed E-state index contributed by atoms with van der Waals surface area (Å²) >= 11 is 1.45. The number of nitrogens with one attached hydrogen (secondary N) is 2. The molecule has 4 unspecified atom stereocenters. The molecule has 1 rings (SSSR count). The zero-order valence-corrected chi connectivity index (χ0v) is 18.9. The first kappa shape index (κ1) is 26.7. The lowest BCUT2D eigenvalue weighted by molar-refractivity contribution is -0.144. The van der Waals surface area contributed by atoms with E-state index in [1.165, 1.54) is 16.7 Å². The topological polar surface area (TPSA) is 185 Å². The number of nitrogens with zero attached hydrogens (tertiary/aromatic N) is 1. The van der Waals surface area contributed by atoms with Gasteiger partial charge in [0, 0.05) is 6.54 Å². The molecule has 0 saturated carbocycles. The molecule has 1 saturated heterocycles. The highest BCUT2D eigenvalue weighted by Crippen LogP contribution is 2.20. The number of carboxylic acid groups (broad SMARTS) is 1. The van der Waals surface area contributed by atoms with E-state index in [1.54, 1.807) is 0 Å². The molecule has 0 bridgehead atoms. The zero-order chi connectivity index (χ0) is 23.7.